The average molecular weight is 218 g/mol. The summed E-state index contributed by atoms with van der Waals surface area (Å²) in [5, 5.41) is 3.40. The minimum absolute atomic E-state index is 1.06. The molecule has 0 bridgehead atoms. The first-order chi connectivity index (χ1) is 7.86. The molecule has 0 fully saturated rings. The van der Waals surface area contributed by atoms with Crippen LogP contribution >= 0.6 is 0 Å². The van der Waals surface area contributed by atoms with Crippen molar-refractivity contribution in [2.75, 3.05) is 6.54 Å². The van der Waals surface area contributed by atoms with Gasteiger partial charge < -0.3 is 5.32 Å². The molecule has 88 valence electrons. The van der Waals surface area contributed by atoms with Crippen LogP contribution in [0.1, 0.15) is 43.0 Å². The largest absolute Gasteiger partial charge is 0.309 e. The minimum atomic E-state index is 1.06. The molecule has 3 rings (SSSR count). The van der Waals surface area contributed by atoms with E-state index >= 15 is 0 Å². The number of fused-ring (bicyclic) bond motifs is 2. The maximum Gasteiger partial charge on any atom is 0.0240 e. The van der Waals surface area contributed by atoms with E-state index in [1.807, 2.05) is 13.8 Å². The molecule has 16 heavy (non-hydrogen) atoms. The summed E-state index contributed by atoms with van der Waals surface area (Å²) in [5.74, 6) is 0. The fourth-order valence-corrected chi connectivity index (χ4v) is 2.51. The van der Waals surface area contributed by atoms with E-state index in [0.29, 0.717) is 0 Å². The number of nitrogens with one attached hydrogen (secondary N) is 1. The van der Waals surface area contributed by atoms with Crippen LogP contribution in [0.3, 0.4) is 0 Å². The number of rotatable bonds is 1. The Bertz CT molecular complexity index is 338. The number of benzene rings is 1. The van der Waals surface area contributed by atoms with Crippen LogP contribution in [0.2, 0.25) is 0 Å². The molecule has 0 unspecified atom stereocenters. The Labute approximate surface area is 98.7 Å². The Morgan fingerprint density at radius 1 is 1.00 bits per heavy atom. The third-order valence-corrected chi connectivity index (χ3v) is 3.39. The highest BCUT2D eigenvalue weighted by Crippen LogP contribution is 2.27. The van der Waals surface area contributed by atoms with E-state index in [1.54, 1.807) is 11.1 Å². The highest BCUT2D eigenvalue weighted by Gasteiger charge is 2.21. The van der Waals surface area contributed by atoms with Crippen LogP contribution in [0.15, 0.2) is 12.1 Å². The number of hydrogen-bond acceptors (Lipinski definition) is 2. The first kappa shape index (κ1) is 11.6. The Balaban J connectivity index is 0.000000457. The quantitative estimate of drug-likeness (QED) is 0.779. The normalized spacial score (nSPS) is 17.7. The summed E-state index contributed by atoms with van der Waals surface area (Å²) in [6.07, 6.45) is 0. The lowest BCUT2D eigenvalue weighted by Crippen LogP contribution is -2.14. The summed E-state index contributed by atoms with van der Waals surface area (Å²) >= 11 is 0. The zero-order valence-corrected chi connectivity index (χ0v) is 10.6. The zero-order chi connectivity index (χ0) is 11.5. The van der Waals surface area contributed by atoms with Gasteiger partial charge in [0.15, 0.2) is 0 Å². The molecule has 0 amide bonds. The van der Waals surface area contributed by atoms with Gasteiger partial charge in [0, 0.05) is 26.2 Å². The Morgan fingerprint density at radius 3 is 1.94 bits per heavy atom. The molecule has 1 aromatic carbocycles. The second kappa shape index (κ2) is 4.98. The molecule has 2 aliphatic rings. The van der Waals surface area contributed by atoms with E-state index in [9.17, 15) is 0 Å². The van der Waals surface area contributed by atoms with Gasteiger partial charge in [-0.25, -0.2) is 0 Å². The minimum Gasteiger partial charge on any atom is -0.309 e. The molecule has 1 aromatic rings. The van der Waals surface area contributed by atoms with Crippen LogP contribution in [0, 0.1) is 0 Å². The van der Waals surface area contributed by atoms with Crippen molar-refractivity contribution in [3.05, 3.63) is 34.4 Å². The van der Waals surface area contributed by atoms with Crippen LogP contribution < -0.4 is 5.32 Å². The van der Waals surface area contributed by atoms with E-state index < -0.39 is 0 Å². The van der Waals surface area contributed by atoms with Crippen molar-refractivity contribution in [3.63, 3.8) is 0 Å². The Hall–Kier alpha value is -0.860. The van der Waals surface area contributed by atoms with Crippen LogP contribution in [0.4, 0.5) is 0 Å². The smallest absolute Gasteiger partial charge is 0.0240 e. The van der Waals surface area contributed by atoms with Crippen LogP contribution in [-0.4, -0.2) is 11.4 Å². The van der Waals surface area contributed by atoms with Gasteiger partial charge in [-0.15, -0.1) is 0 Å². The number of hydrogen-bond donors (Lipinski definition) is 1. The molecule has 0 saturated heterocycles. The summed E-state index contributed by atoms with van der Waals surface area (Å²) in [4.78, 5) is 2.49. The van der Waals surface area contributed by atoms with Crippen molar-refractivity contribution in [1.29, 1.82) is 0 Å². The van der Waals surface area contributed by atoms with E-state index in [4.69, 9.17) is 0 Å². The van der Waals surface area contributed by atoms with Gasteiger partial charge >= 0.3 is 0 Å². The molecule has 0 spiro atoms. The summed E-state index contributed by atoms with van der Waals surface area (Å²) < 4.78 is 0. The molecular formula is C14H22N2. The molecule has 2 aliphatic heterocycles. The van der Waals surface area contributed by atoms with Crippen molar-refractivity contribution in [2.24, 2.45) is 0 Å². The average Bonchev–Trinajstić information content (AvgIpc) is 2.92. The van der Waals surface area contributed by atoms with Crippen LogP contribution in [0.25, 0.3) is 0 Å². The third kappa shape index (κ3) is 2.00. The second-order valence-corrected chi connectivity index (χ2v) is 4.30. The van der Waals surface area contributed by atoms with E-state index in [2.05, 4.69) is 29.3 Å². The van der Waals surface area contributed by atoms with Crippen LogP contribution in [0.5, 0.6) is 0 Å². The first-order valence-electron chi connectivity index (χ1n) is 6.43. The lowest BCUT2D eigenvalue weighted by atomic mass is 10.0. The molecule has 2 nitrogen and oxygen atoms in total. The fraction of sp³-hybridized carbons (Fsp3) is 0.571. The fourth-order valence-electron chi connectivity index (χ4n) is 2.51. The van der Waals surface area contributed by atoms with E-state index in [0.717, 1.165) is 32.7 Å². The van der Waals surface area contributed by atoms with Gasteiger partial charge in [-0.2, -0.15) is 0 Å². The first-order valence-corrected chi connectivity index (χ1v) is 6.43. The summed E-state index contributed by atoms with van der Waals surface area (Å²) in [6, 6.07) is 4.81. The van der Waals surface area contributed by atoms with Gasteiger partial charge in [0.05, 0.1) is 0 Å². The number of nitrogens with zero attached hydrogens (tertiary/aromatic N) is 1. The van der Waals surface area contributed by atoms with Crippen molar-refractivity contribution in [3.8, 4) is 0 Å². The van der Waals surface area contributed by atoms with Crippen molar-refractivity contribution < 1.29 is 0 Å². The Kier molecular flexibility index (Phi) is 3.62. The van der Waals surface area contributed by atoms with Gasteiger partial charge in [0.2, 0.25) is 0 Å². The van der Waals surface area contributed by atoms with Crippen molar-refractivity contribution in [1.82, 2.24) is 10.2 Å². The Morgan fingerprint density at radius 2 is 1.50 bits per heavy atom. The summed E-state index contributed by atoms with van der Waals surface area (Å²) in [7, 11) is 0. The molecule has 0 aliphatic carbocycles. The molecule has 2 heteroatoms. The van der Waals surface area contributed by atoms with Crippen LogP contribution in [-0.2, 0) is 26.2 Å². The lowest BCUT2D eigenvalue weighted by Gasteiger charge is -2.09. The maximum absolute atomic E-state index is 3.40. The predicted molar refractivity (Wildman–Crippen MR) is 68.1 cm³/mol. The molecule has 1 N–H and O–H groups in total. The standard InChI is InChI=1S/C12H16N2.C2H6/c1-2-14-7-11-3-9-5-13-6-10(9)4-12(11)8-14;1-2/h3-4,13H,2,5-8H2,1H3;1-2H3. The molecule has 0 saturated carbocycles. The van der Waals surface area contributed by atoms with Gasteiger partial charge in [-0.05, 0) is 28.8 Å². The highest BCUT2D eigenvalue weighted by atomic mass is 15.1. The third-order valence-electron chi connectivity index (χ3n) is 3.39. The van der Waals surface area contributed by atoms with Gasteiger partial charge in [-0.3, -0.25) is 4.90 Å². The molecule has 0 radical (unpaired) electrons. The summed E-state index contributed by atoms with van der Waals surface area (Å²) in [6.45, 7) is 11.8. The monoisotopic (exact) mass is 218 g/mol. The SMILES string of the molecule is CC.CCN1Cc2cc3c(cc2C1)CNC3. The highest BCUT2D eigenvalue weighted by molar-refractivity contribution is 5.42. The molecule has 0 aromatic heterocycles. The zero-order valence-electron chi connectivity index (χ0n) is 10.6. The van der Waals surface area contributed by atoms with E-state index in [1.165, 1.54) is 11.1 Å². The second-order valence-electron chi connectivity index (χ2n) is 4.30. The van der Waals surface area contributed by atoms with Gasteiger partial charge in [0.1, 0.15) is 0 Å². The van der Waals surface area contributed by atoms with Crippen molar-refractivity contribution >= 4 is 0 Å². The topological polar surface area (TPSA) is 15.3 Å². The lowest BCUT2D eigenvalue weighted by molar-refractivity contribution is 0.301. The van der Waals surface area contributed by atoms with Gasteiger partial charge in [-0.1, -0.05) is 32.9 Å². The molecule has 2 heterocycles. The summed E-state index contributed by atoms with van der Waals surface area (Å²) in [5.41, 5.74) is 6.13. The maximum atomic E-state index is 3.40. The van der Waals surface area contributed by atoms with Gasteiger partial charge in [0.25, 0.3) is 0 Å². The molecular weight excluding hydrogens is 196 g/mol. The predicted octanol–water partition coefficient (Wildman–Crippen LogP) is 2.65. The van der Waals surface area contributed by atoms with E-state index in [-0.39, 0.29) is 0 Å². The molecule has 0 atom stereocenters. The van der Waals surface area contributed by atoms with Crippen molar-refractivity contribution in [2.45, 2.75) is 47.0 Å².